The molecule has 21 heavy (non-hydrogen) atoms. The van der Waals surface area contributed by atoms with Gasteiger partial charge in [0.2, 0.25) is 11.8 Å². The molecule has 1 amide bonds. The normalized spacial score (nSPS) is 21.8. The van der Waals surface area contributed by atoms with E-state index in [1.54, 1.807) is 0 Å². The first-order chi connectivity index (χ1) is 10.2. The summed E-state index contributed by atoms with van der Waals surface area (Å²) in [5.74, 6) is 1.64. The van der Waals surface area contributed by atoms with Crippen LogP contribution >= 0.6 is 0 Å². The molecule has 0 unspecified atom stereocenters. The minimum absolute atomic E-state index is 0.0766. The Morgan fingerprint density at radius 1 is 1.29 bits per heavy atom. The number of hydrogen-bond donors (Lipinski definition) is 2. The molecule has 2 saturated carbocycles. The molecule has 2 aliphatic rings. The van der Waals surface area contributed by atoms with Gasteiger partial charge in [-0.25, -0.2) is 0 Å². The van der Waals surface area contributed by atoms with Crippen molar-refractivity contribution in [3.8, 4) is 0 Å². The lowest BCUT2D eigenvalue weighted by atomic mass is 9.77. The van der Waals surface area contributed by atoms with E-state index in [4.69, 9.17) is 10.3 Å². The molecular formula is C15H24N4O2. The molecule has 0 aliphatic heterocycles. The molecule has 6 nitrogen and oxygen atoms in total. The molecule has 0 atom stereocenters. The highest BCUT2D eigenvalue weighted by atomic mass is 16.5. The summed E-state index contributed by atoms with van der Waals surface area (Å²) in [7, 11) is 0. The maximum Gasteiger partial charge on any atom is 0.246 e. The first-order valence-corrected chi connectivity index (χ1v) is 8.04. The summed E-state index contributed by atoms with van der Waals surface area (Å²) in [4.78, 5) is 16.2. The summed E-state index contributed by atoms with van der Waals surface area (Å²) >= 11 is 0. The molecular weight excluding hydrogens is 268 g/mol. The summed E-state index contributed by atoms with van der Waals surface area (Å²) in [5, 5.41) is 6.81. The average molecular weight is 292 g/mol. The molecule has 3 rings (SSSR count). The van der Waals surface area contributed by atoms with Crippen LogP contribution in [0.4, 0.5) is 0 Å². The number of nitrogens with one attached hydrogen (secondary N) is 1. The molecule has 0 bridgehead atoms. The first kappa shape index (κ1) is 14.5. The van der Waals surface area contributed by atoms with Crippen LogP contribution in [-0.4, -0.2) is 16.0 Å². The molecule has 1 aromatic rings. The van der Waals surface area contributed by atoms with Gasteiger partial charge < -0.3 is 15.6 Å². The number of nitrogens with two attached hydrogens (primary N) is 1. The quantitative estimate of drug-likeness (QED) is 0.865. The Hall–Kier alpha value is -1.43. The average Bonchev–Trinajstić information content (AvgIpc) is 2.93. The van der Waals surface area contributed by atoms with Crippen LogP contribution in [0.2, 0.25) is 0 Å². The van der Waals surface area contributed by atoms with Crippen LogP contribution in [-0.2, 0) is 16.9 Å². The van der Waals surface area contributed by atoms with Gasteiger partial charge in [0.05, 0.1) is 12.1 Å². The standard InChI is InChI=1S/C15H24N4O2/c16-15(7-4-8-15)14-18-13(21-19-14)10-17-12(20)9-11-5-2-1-3-6-11/h11H,1-10,16H2,(H,17,20). The van der Waals surface area contributed by atoms with Gasteiger partial charge in [-0.3, -0.25) is 4.79 Å². The van der Waals surface area contributed by atoms with E-state index in [1.165, 1.54) is 32.1 Å². The lowest BCUT2D eigenvalue weighted by Gasteiger charge is -2.34. The van der Waals surface area contributed by atoms with Gasteiger partial charge in [-0.15, -0.1) is 0 Å². The highest BCUT2D eigenvalue weighted by molar-refractivity contribution is 5.76. The van der Waals surface area contributed by atoms with Crippen molar-refractivity contribution in [2.75, 3.05) is 0 Å². The Morgan fingerprint density at radius 2 is 2.05 bits per heavy atom. The zero-order chi connectivity index (χ0) is 14.7. The van der Waals surface area contributed by atoms with Crippen molar-refractivity contribution in [1.29, 1.82) is 0 Å². The fraction of sp³-hybridized carbons (Fsp3) is 0.800. The molecule has 1 aromatic heterocycles. The fourth-order valence-electron chi connectivity index (χ4n) is 3.21. The van der Waals surface area contributed by atoms with E-state index in [-0.39, 0.29) is 5.91 Å². The SMILES string of the molecule is NC1(c2noc(CNC(=O)CC3CCCCC3)n2)CCC1. The van der Waals surface area contributed by atoms with Crippen LogP contribution in [0.3, 0.4) is 0 Å². The predicted octanol–water partition coefficient (Wildman–Crippen LogP) is 1.99. The van der Waals surface area contributed by atoms with Crippen molar-refractivity contribution in [2.24, 2.45) is 11.7 Å². The van der Waals surface area contributed by atoms with E-state index in [9.17, 15) is 4.79 Å². The molecule has 116 valence electrons. The Morgan fingerprint density at radius 3 is 2.71 bits per heavy atom. The van der Waals surface area contributed by atoms with E-state index >= 15 is 0 Å². The van der Waals surface area contributed by atoms with Crippen molar-refractivity contribution >= 4 is 5.91 Å². The van der Waals surface area contributed by atoms with Gasteiger partial charge in [-0.05, 0) is 38.0 Å². The third-order valence-electron chi connectivity index (χ3n) is 4.79. The van der Waals surface area contributed by atoms with Crippen LogP contribution in [0.5, 0.6) is 0 Å². The van der Waals surface area contributed by atoms with Gasteiger partial charge >= 0.3 is 0 Å². The number of nitrogens with zero attached hydrogens (tertiary/aromatic N) is 2. The van der Waals surface area contributed by atoms with Crippen LogP contribution in [0.1, 0.15) is 69.5 Å². The maximum atomic E-state index is 11.9. The molecule has 0 saturated heterocycles. The zero-order valence-electron chi connectivity index (χ0n) is 12.4. The topological polar surface area (TPSA) is 94.0 Å². The molecule has 3 N–H and O–H groups in total. The van der Waals surface area contributed by atoms with E-state index < -0.39 is 5.54 Å². The lowest BCUT2D eigenvalue weighted by molar-refractivity contribution is -0.122. The predicted molar refractivity (Wildman–Crippen MR) is 77.1 cm³/mol. The van der Waals surface area contributed by atoms with Crippen LogP contribution < -0.4 is 11.1 Å². The molecule has 0 aromatic carbocycles. The van der Waals surface area contributed by atoms with Gasteiger partial charge in [0.1, 0.15) is 0 Å². The first-order valence-electron chi connectivity index (χ1n) is 8.04. The van der Waals surface area contributed by atoms with E-state index in [2.05, 4.69) is 15.5 Å². The second-order valence-electron chi connectivity index (χ2n) is 6.51. The maximum absolute atomic E-state index is 11.9. The summed E-state index contributed by atoms with van der Waals surface area (Å²) in [6, 6.07) is 0. The second-order valence-corrected chi connectivity index (χ2v) is 6.51. The van der Waals surface area contributed by atoms with Gasteiger partial charge in [-0.2, -0.15) is 4.98 Å². The molecule has 0 radical (unpaired) electrons. The number of rotatable bonds is 5. The van der Waals surface area contributed by atoms with Crippen molar-refractivity contribution in [2.45, 2.75) is 69.9 Å². The van der Waals surface area contributed by atoms with Gasteiger partial charge in [-0.1, -0.05) is 24.4 Å². The second kappa shape index (κ2) is 6.13. The van der Waals surface area contributed by atoms with Gasteiger partial charge in [0.15, 0.2) is 5.82 Å². The monoisotopic (exact) mass is 292 g/mol. The van der Waals surface area contributed by atoms with Crippen molar-refractivity contribution in [1.82, 2.24) is 15.5 Å². The molecule has 0 spiro atoms. The zero-order valence-corrected chi connectivity index (χ0v) is 12.4. The third-order valence-corrected chi connectivity index (χ3v) is 4.79. The summed E-state index contributed by atoms with van der Waals surface area (Å²) in [5.41, 5.74) is 5.74. The molecule has 2 aliphatic carbocycles. The number of carbonyl (C=O) groups excluding carboxylic acids is 1. The highest BCUT2D eigenvalue weighted by Crippen LogP contribution is 2.36. The third kappa shape index (κ3) is 3.43. The Labute approximate surface area is 124 Å². The van der Waals surface area contributed by atoms with E-state index in [0.717, 1.165) is 19.3 Å². The van der Waals surface area contributed by atoms with Crippen LogP contribution in [0.25, 0.3) is 0 Å². The highest BCUT2D eigenvalue weighted by Gasteiger charge is 2.38. The Bertz CT molecular complexity index is 490. The largest absolute Gasteiger partial charge is 0.347 e. The van der Waals surface area contributed by atoms with Gasteiger partial charge in [0.25, 0.3) is 0 Å². The van der Waals surface area contributed by atoms with Gasteiger partial charge in [0, 0.05) is 6.42 Å². The number of carbonyl (C=O) groups is 1. The summed E-state index contributed by atoms with van der Waals surface area (Å²) in [6.07, 6.45) is 9.69. The number of aromatic nitrogens is 2. The number of amides is 1. The molecule has 6 heteroatoms. The lowest BCUT2D eigenvalue weighted by Crippen LogP contribution is -2.44. The smallest absolute Gasteiger partial charge is 0.246 e. The van der Waals surface area contributed by atoms with Crippen molar-refractivity contribution < 1.29 is 9.32 Å². The van der Waals surface area contributed by atoms with Crippen molar-refractivity contribution in [3.63, 3.8) is 0 Å². The minimum atomic E-state index is -0.409. The minimum Gasteiger partial charge on any atom is -0.347 e. The van der Waals surface area contributed by atoms with Crippen molar-refractivity contribution in [3.05, 3.63) is 11.7 Å². The Balaban J connectivity index is 1.45. The van der Waals surface area contributed by atoms with Crippen LogP contribution in [0, 0.1) is 5.92 Å². The van der Waals surface area contributed by atoms with E-state index in [1.807, 2.05) is 0 Å². The summed E-state index contributed by atoms with van der Waals surface area (Å²) < 4.78 is 5.17. The Kier molecular flexibility index (Phi) is 4.24. The van der Waals surface area contributed by atoms with Crippen LogP contribution in [0.15, 0.2) is 4.52 Å². The summed E-state index contributed by atoms with van der Waals surface area (Å²) in [6.45, 7) is 0.300. The molecule has 2 fully saturated rings. The number of hydrogen-bond acceptors (Lipinski definition) is 5. The molecule has 1 heterocycles. The van der Waals surface area contributed by atoms with E-state index in [0.29, 0.717) is 30.6 Å². The fourth-order valence-corrected chi connectivity index (χ4v) is 3.21.